The number of aromatic carboxylic acids is 1. The van der Waals surface area contributed by atoms with Gasteiger partial charge in [-0.05, 0) is 25.3 Å². The summed E-state index contributed by atoms with van der Waals surface area (Å²) in [4.78, 5) is 40.5. The molecule has 0 radical (unpaired) electrons. The summed E-state index contributed by atoms with van der Waals surface area (Å²) >= 11 is 0. The van der Waals surface area contributed by atoms with Gasteiger partial charge in [0.15, 0.2) is 0 Å². The molecule has 19 heavy (non-hydrogen) atoms. The summed E-state index contributed by atoms with van der Waals surface area (Å²) in [7, 11) is 0. The van der Waals surface area contributed by atoms with Gasteiger partial charge in [-0.1, -0.05) is 0 Å². The molecule has 1 aromatic rings. The number of carbonyl (C=O) groups is 3. The molecule has 1 saturated heterocycles. The van der Waals surface area contributed by atoms with Crippen LogP contribution in [-0.4, -0.2) is 27.9 Å². The van der Waals surface area contributed by atoms with Crippen LogP contribution in [0.3, 0.4) is 0 Å². The quantitative estimate of drug-likeness (QED) is 0.803. The molecule has 3 rings (SSSR count). The third-order valence-corrected chi connectivity index (χ3v) is 3.84. The summed E-state index contributed by atoms with van der Waals surface area (Å²) in [6.07, 6.45) is 4.60. The zero-order chi connectivity index (χ0) is 13.6. The van der Waals surface area contributed by atoms with Crippen LogP contribution in [-0.2, 0) is 9.59 Å². The van der Waals surface area contributed by atoms with E-state index in [4.69, 9.17) is 5.11 Å². The molecule has 1 aliphatic heterocycles. The molecule has 2 amide bonds. The molecule has 0 spiro atoms. The summed E-state index contributed by atoms with van der Waals surface area (Å²) < 4.78 is 0. The van der Waals surface area contributed by atoms with Crippen molar-refractivity contribution in [2.45, 2.75) is 19.3 Å². The average molecular weight is 260 g/mol. The van der Waals surface area contributed by atoms with Gasteiger partial charge in [0.05, 0.1) is 17.4 Å². The second-order valence-corrected chi connectivity index (χ2v) is 4.92. The van der Waals surface area contributed by atoms with Crippen molar-refractivity contribution in [1.82, 2.24) is 4.98 Å². The Balaban J connectivity index is 2.09. The second-order valence-electron chi connectivity index (χ2n) is 4.92. The SMILES string of the molecule is O=C(O)c1ccncc1N1C(=O)C2CCC(C2)C1=O. The average Bonchev–Trinajstić information content (AvgIpc) is 2.84. The van der Waals surface area contributed by atoms with Crippen LogP contribution in [0.25, 0.3) is 0 Å². The van der Waals surface area contributed by atoms with Gasteiger partial charge >= 0.3 is 5.97 Å². The van der Waals surface area contributed by atoms with Crippen LogP contribution < -0.4 is 4.90 Å². The Morgan fingerprint density at radius 1 is 1.26 bits per heavy atom. The van der Waals surface area contributed by atoms with Crippen LogP contribution in [0.5, 0.6) is 0 Å². The van der Waals surface area contributed by atoms with E-state index in [-0.39, 0.29) is 34.9 Å². The Bertz CT molecular complexity index is 562. The molecule has 2 atom stereocenters. The molecule has 1 N–H and O–H groups in total. The highest BCUT2D eigenvalue weighted by molar-refractivity contribution is 6.20. The van der Waals surface area contributed by atoms with Gasteiger partial charge in [-0.15, -0.1) is 0 Å². The van der Waals surface area contributed by atoms with E-state index < -0.39 is 5.97 Å². The normalized spacial score (nSPS) is 25.8. The molecular weight excluding hydrogens is 248 g/mol. The van der Waals surface area contributed by atoms with E-state index in [0.717, 1.165) is 4.90 Å². The number of rotatable bonds is 2. The van der Waals surface area contributed by atoms with Crippen molar-refractivity contribution in [3.8, 4) is 0 Å². The lowest BCUT2D eigenvalue weighted by Gasteiger charge is -2.30. The van der Waals surface area contributed by atoms with Crippen molar-refractivity contribution in [3.63, 3.8) is 0 Å². The number of carboxylic acid groups (broad SMARTS) is 1. The summed E-state index contributed by atoms with van der Waals surface area (Å²) in [5.74, 6) is -2.09. The monoisotopic (exact) mass is 260 g/mol. The van der Waals surface area contributed by atoms with Crippen LogP contribution in [0.2, 0.25) is 0 Å². The summed E-state index contributed by atoms with van der Waals surface area (Å²) in [5.41, 5.74) is 0.0135. The fraction of sp³-hybridized carbons (Fsp3) is 0.385. The number of aromatic nitrogens is 1. The third kappa shape index (κ3) is 1.71. The zero-order valence-electron chi connectivity index (χ0n) is 10.1. The lowest BCUT2D eigenvalue weighted by molar-refractivity contribution is -0.133. The number of anilines is 1. The van der Waals surface area contributed by atoms with E-state index in [0.29, 0.717) is 19.3 Å². The molecule has 6 nitrogen and oxygen atoms in total. The number of fused-ring (bicyclic) bond motifs is 2. The minimum absolute atomic E-state index is 0.0713. The molecule has 1 aliphatic carbocycles. The minimum Gasteiger partial charge on any atom is -0.478 e. The van der Waals surface area contributed by atoms with E-state index >= 15 is 0 Å². The number of pyridine rings is 1. The van der Waals surface area contributed by atoms with Crippen molar-refractivity contribution in [1.29, 1.82) is 0 Å². The number of piperidine rings is 1. The van der Waals surface area contributed by atoms with E-state index in [2.05, 4.69) is 4.98 Å². The van der Waals surface area contributed by atoms with Gasteiger partial charge in [0.25, 0.3) is 0 Å². The highest BCUT2D eigenvalue weighted by Crippen LogP contribution is 2.40. The lowest BCUT2D eigenvalue weighted by atomic mass is 9.96. The summed E-state index contributed by atoms with van der Waals surface area (Å²) in [5, 5.41) is 9.14. The number of hydrogen-bond donors (Lipinski definition) is 1. The smallest absolute Gasteiger partial charge is 0.337 e. The highest BCUT2D eigenvalue weighted by Gasteiger charge is 2.46. The van der Waals surface area contributed by atoms with Gasteiger partial charge in [0.1, 0.15) is 0 Å². The number of carboxylic acids is 1. The Morgan fingerprint density at radius 3 is 2.47 bits per heavy atom. The van der Waals surface area contributed by atoms with Gasteiger partial charge in [0.2, 0.25) is 11.8 Å². The van der Waals surface area contributed by atoms with Gasteiger partial charge in [-0.3, -0.25) is 14.6 Å². The largest absolute Gasteiger partial charge is 0.478 e. The van der Waals surface area contributed by atoms with Crippen molar-refractivity contribution in [3.05, 3.63) is 24.0 Å². The van der Waals surface area contributed by atoms with E-state index in [1.807, 2.05) is 0 Å². The Morgan fingerprint density at radius 2 is 1.89 bits per heavy atom. The molecule has 6 heteroatoms. The minimum atomic E-state index is -1.17. The first kappa shape index (κ1) is 11.8. The van der Waals surface area contributed by atoms with Crippen molar-refractivity contribution in [2.75, 3.05) is 4.90 Å². The van der Waals surface area contributed by atoms with Crippen LogP contribution in [0.1, 0.15) is 29.6 Å². The second kappa shape index (κ2) is 4.15. The predicted octanol–water partition coefficient (Wildman–Crippen LogP) is 1.07. The van der Waals surface area contributed by atoms with Gasteiger partial charge in [-0.2, -0.15) is 0 Å². The standard InChI is InChI=1S/C13H12N2O4/c16-11-7-1-2-8(5-7)12(17)15(11)10-6-14-4-3-9(10)13(18)19/h3-4,6-8H,1-2,5H2,(H,18,19). The number of nitrogens with zero attached hydrogens (tertiary/aromatic N) is 2. The first-order valence-corrected chi connectivity index (χ1v) is 6.14. The molecule has 2 fully saturated rings. The number of imide groups is 1. The fourth-order valence-electron chi connectivity index (χ4n) is 2.89. The molecule has 98 valence electrons. The Hall–Kier alpha value is -2.24. The van der Waals surface area contributed by atoms with Crippen LogP contribution in [0, 0.1) is 11.8 Å². The van der Waals surface area contributed by atoms with Crippen LogP contribution in [0.15, 0.2) is 18.5 Å². The highest BCUT2D eigenvalue weighted by atomic mass is 16.4. The molecule has 0 aromatic carbocycles. The summed E-state index contributed by atoms with van der Waals surface area (Å²) in [6, 6.07) is 1.30. The Kier molecular flexibility index (Phi) is 2.58. The molecule has 2 heterocycles. The van der Waals surface area contributed by atoms with Gasteiger partial charge in [-0.25, -0.2) is 9.69 Å². The number of carbonyl (C=O) groups excluding carboxylic acids is 2. The molecule has 1 saturated carbocycles. The predicted molar refractivity (Wildman–Crippen MR) is 64.5 cm³/mol. The molecule has 2 aliphatic rings. The number of amides is 2. The molecule has 2 unspecified atom stereocenters. The van der Waals surface area contributed by atoms with E-state index in [1.54, 1.807) is 0 Å². The Labute approximate surface area is 109 Å². The van der Waals surface area contributed by atoms with E-state index in [1.165, 1.54) is 18.5 Å². The first-order valence-electron chi connectivity index (χ1n) is 6.14. The van der Waals surface area contributed by atoms with E-state index in [9.17, 15) is 14.4 Å². The van der Waals surface area contributed by atoms with Crippen molar-refractivity contribution < 1.29 is 19.5 Å². The lowest BCUT2D eigenvalue weighted by Crippen LogP contribution is -2.47. The molecular formula is C13H12N2O4. The van der Waals surface area contributed by atoms with Gasteiger partial charge < -0.3 is 5.11 Å². The third-order valence-electron chi connectivity index (χ3n) is 3.84. The van der Waals surface area contributed by atoms with Crippen molar-refractivity contribution in [2.24, 2.45) is 11.8 Å². The molecule has 1 aromatic heterocycles. The fourth-order valence-corrected chi connectivity index (χ4v) is 2.89. The topological polar surface area (TPSA) is 87.6 Å². The van der Waals surface area contributed by atoms with Crippen LogP contribution >= 0.6 is 0 Å². The number of hydrogen-bond acceptors (Lipinski definition) is 4. The maximum atomic E-state index is 12.3. The first-order chi connectivity index (χ1) is 9.09. The van der Waals surface area contributed by atoms with Crippen LogP contribution in [0.4, 0.5) is 5.69 Å². The maximum absolute atomic E-state index is 12.3. The summed E-state index contributed by atoms with van der Waals surface area (Å²) in [6.45, 7) is 0. The maximum Gasteiger partial charge on any atom is 0.337 e. The molecule has 2 bridgehead atoms. The van der Waals surface area contributed by atoms with Gasteiger partial charge in [0, 0.05) is 18.0 Å². The van der Waals surface area contributed by atoms with Crippen molar-refractivity contribution >= 4 is 23.5 Å². The zero-order valence-corrected chi connectivity index (χ0v) is 10.1.